The molecule has 1 aliphatic heterocycles. The van der Waals surface area contributed by atoms with Gasteiger partial charge in [0.05, 0.1) is 19.5 Å². The van der Waals surface area contributed by atoms with Crippen LogP contribution in [-0.2, 0) is 50.7 Å². The molecule has 0 spiro atoms. The number of nitrogens with two attached hydrogens (primary N) is 1. The number of phosphoric acid groups is 3. The number of allylic oxidation sites excluding steroid dienone is 6. The Hall–Kier alpha value is -3.22. The average molecular weight is 958 g/mol. The summed E-state index contributed by atoms with van der Waals surface area (Å²) in [6, 6.07) is 0. The predicted octanol–water partition coefficient (Wildman–Crippen LogP) is 2.30. The molecule has 0 radical (unpaired) electrons. The van der Waals surface area contributed by atoms with Gasteiger partial charge in [-0.2, -0.15) is 4.31 Å². The fraction of sp³-hybridized carbons (Fsp3) is 0.588. The molecule has 3 heterocycles. The molecule has 24 nitrogen and oxygen atoms in total. The smallest absolute Gasteiger partial charge is 0.386 e. The van der Waals surface area contributed by atoms with Crippen LogP contribution in [-0.4, -0.2) is 123 Å². The van der Waals surface area contributed by atoms with Crippen LogP contribution in [0.1, 0.15) is 65.5 Å². The van der Waals surface area contributed by atoms with Crippen molar-refractivity contribution in [2.75, 3.05) is 37.8 Å². The number of aliphatic hydroxyl groups is 2. The van der Waals surface area contributed by atoms with Crippen LogP contribution in [0.25, 0.3) is 11.2 Å². The van der Waals surface area contributed by atoms with Crippen molar-refractivity contribution in [2.45, 2.75) is 89.9 Å². The second-order valence-corrected chi connectivity index (χ2v) is 19.6. The zero-order valence-electron chi connectivity index (χ0n) is 34.1. The number of hydrogen-bond acceptors (Lipinski definition) is 18. The molecule has 1 aliphatic rings. The van der Waals surface area contributed by atoms with Crippen molar-refractivity contribution in [1.29, 1.82) is 0 Å². The Labute approximate surface area is 361 Å². The van der Waals surface area contributed by atoms with Crippen LogP contribution in [0.5, 0.6) is 0 Å². The maximum absolute atomic E-state index is 12.7. The minimum Gasteiger partial charge on any atom is -0.386 e. The normalized spacial score (nSPS) is 21.1. The Morgan fingerprint density at radius 1 is 0.984 bits per heavy atom. The number of nitrogen functional groups attached to an aromatic ring is 1. The van der Waals surface area contributed by atoms with Gasteiger partial charge in [-0.05, 0) is 19.3 Å². The first-order chi connectivity index (χ1) is 29.1. The lowest BCUT2D eigenvalue weighted by Gasteiger charge is -2.30. The highest BCUT2D eigenvalue weighted by molar-refractivity contribution is 8.13. The molecule has 10 N–H and O–H groups in total. The molecule has 1 saturated heterocycles. The Balaban J connectivity index is 1.39. The van der Waals surface area contributed by atoms with E-state index in [9.17, 15) is 57.9 Å². The number of hydrogen-bond donors (Lipinski definition) is 9. The number of fused-ring (bicyclic) bond motifs is 1. The topological polar surface area (TPSA) is 364 Å². The third-order valence-corrected chi connectivity index (χ3v) is 12.6. The summed E-state index contributed by atoms with van der Waals surface area (Å²) < 4.78 is 62.3. The number of aromatic nitrogens is 4. The number of thioether (sulfide) groups is 1. The van der Waals surface area contributed by atoms with Gasteiger partial charge in [-0.3, -0.25) is 32.5 Å². The van der Waals surface area contributed by atoms with Crippen LogP contribution in [0, 0.1) is 5.41 Å². The number of imidazole rings is 1. The maximum atomic E-state index is 12.7. The second kappa shape index (κ2) is 24.7. The van der Waals surface area contributed by atoms with E-state index in [1.807, 2.05) is 30.4 Å². The van der Waals surface area contributed by atoms with Gasteiger partial charge in [0.2, 0.25) is 11.8 Å². The number of nitrogens with one attached hydrogen (secondary N) is 2. The van der Waals surface area contributed by atoms with Crippen molar-refractivity contribution in [2.24, 2.45) is 5.41 Å². The third kappa shape index (κ3) is 18.1. The fourth-order valence-electron chi connectivity index (χ4n) is 5.38. The first-order valence-corrected chi connectivity index (χ1v) is 24.6. The monoisotopic (exact) mass is 957 g/mol. The summed E-state index contributed by atoms with van der Waals surface area (Å²) in [6.45, 7) is 2.61. The fourth-order valence-corrected chi connectivity index (χ4v) is 8.93. The van der Waals surface area contributed by atoms with E-state index in [4.69, 9.17) is 19.5 Å². The van der Waals surface area contributed by atoms with Gasteiger partial charge in [0.15, 0.2) is 22.8 Å². The molecule has 3 rings (SSSR count). The summed E-state index contributed by atoms with van der Waals surface area (Å²) >= 11 is 1.10. The van der Waals surface area contributed by atoms with E-state index in [1.54, 1.807) is 0 Å². The summed E-state index contributed by atoms with van der Waals surface area (Å²) in [4.78, 5) is 88.0. The minimum absolute atomic E-state index is 0.00243. The van der Waals surface area contributed by atoms with Crippen molar-refractivity contribution in [3.05, 3.63) is 49.1 Å². The zero-order valence-corrected chi connectivity index (χ0v) is 37.6. The molecule has 0 aliphatic carbocycles. The van der Waals surface area contributed by atoms with E-state index in [1.165, 1.54) is 13.8 Å². The summed E-state index contributed by atoms with van der Waals surface area (Å²) in [5.74, 6) is -1.09. The lowest BCUT2D eigenvalue weighted by atomic mass is 9.87. The largest absolute Gasteiger partial charge is 0.481 e. The Morgan fingerprint density at radius 3 is 2.34 bits per heavy atom. The highest BCUT2D eigenvalue weighted by atomic mass is 32.2. The van der Waals surface area contributed by atoms with Gasteiger partial charge in [0, 0.05) is 37.1 Å². The molecule has 0 aromatic carbocycles. The van der Waals surface area contributed by atoms with E-state index >= 15 is 0 Å². The van der Waals surface area contributed by atoms with E-state index in [0.29, 0.717) is 18.6 Å². The van der Waals surface area contributed by atoms with Gasteiger partial charge < -0.3 is 50.9 Å². The number of aliphatic hydroxyl groups excluding tert-OH is 2. The molecule has 2 aromatic heterocycles. The number of nitrogens with zero attached hydrogens (tertiary/aromatic N) is 4. The summed E-state index contributed by atoms with van der Waals surface area (Å²) in [5, 5.41) is 26.5. The predicted molar refractivity (Wildman–Crippen MR) is 223 cm³/mol. The molecule has 28 heteroatoms. The number of anilines is 1. The molecule has 7 atom stereocenters. The lowest BCUT2D eigenvalue weighted by molar-refractivity contribution is -0.137. The molecule has 2 amide bonds. The number of amides is 2. The molecule has 62 heavy (non-hydrogen) atoms. The van der Waals surface area contributed by atoms with E-state index in [-0.39, 0.29) is 41.6 Å². The number of unbranched alkanes of at least 4 members (excludes halogenated alkanes) is 2. The van der Waals surface area contributed by atoms with Crippen LogP contribution >= 0.6 is 35.2 Å². The number of rotatable bonds is 27. The third-order valence-electron chi connectivity index (χ3n) is 8.58. The standard InChI is InChI=1S/C34H54N7O17P3S/c1-4-5-6-7-8-9-10-11-12-13-14-25(43)62-18-17-36-24(42)15-16-37-32(46)29(45)34(2,3)20-55-61(52,53)58-60(50,51)54-19-23-28(57-59(47,48)49)27(44)33(56-23)41-22-40-26-30(35)38-21-39-31(26)41/h6-11,21-23,27-29,33,44-45H,4-5,12-20H2,1-3H3,(H,36,42)(H,37,46)(H,50,51)(H,52,53)(H2,35,38,39)(H2,47,48,49)/b7-6+,9-8+,11-10+. The van der Waals surface area contributed by atoms with Gasteiger partial charge in [0.25, 0.3) is 0 Å². The van der Waals surface area contributed by atoms with Crippen molar-refractivity contribution in [3.63, 3.8) is 0 Å². The number of phosphoric ester groups is 3. The van der Waals surface area contributed by atoms with Crippen molar-refractivity contribution < 1.29 is 80.5 Å². The quantitative estimate of drug-likeness (QED) is 0.0352. The van der Waals surface area contributed by atoms with Crippen LogP contribution in [0.2, 0.25) is 0 Å². The van der Waals surface area contributed by atoms with Gasteiger partial charge in [-0.25, -0.2) is 28.6 Å². The summed E-state index contributed by atoms with van der Waals surface area (Å²) in [5.41, 5.74) is 4.27. The SMILES string of the molecule is CCC/C=C/C=C/C=C/CCCC(=O)SCCNC(=O)CCNC(=O)C(O)C(C)(C)COP(=O)(O)OP(=O)(O)OCC1OC(n2cnc3c(N)ncnc32)C(O)C1OP(=O)(O)O. The Bertz CT molecular complexity index is 2050. The zero-order chi connectivity index (χ0) is 46.1. The van der Waals surface area contributed by atoms with Crippen LogP contribution in [0.15, 0.2) is 49.1 Å². The molecule has 1 fully saturated rings. The van der Waals surface area contributed by atoms with Crippen LogP contribution in [0.3, 0.4) is 0 Å². The van der Waals surface area contributed by atoms with Crippen LogP contribution in [0.4, 0.5) is 5.82 Å². The van der Waals surface area contributed by atoms with Crippen molar-refractivity contribution in [3.8, 4) is 0 Å². The van der Waals surface area contributed by atoms with Gasteiger partial charge in [-0.1, -0.05) is 75.4 Å². The van der Waals surface area contributed by atoms with E-state index in [0.717, 1.165) is 48.2 Å². The highest BCUT2D eigenvalue weighted by Gasteiger charge is 2.50. The van der Waals surface area contributed by atoms with Gasteiger partial charge in [0.1, 0.15) is 36.3 Å². The highest BCUT2D eigenvalue weighted by Crippen LogP contribution is 2.61. The Morgan fingerprint density at radius 2 is 1.66 bits per heavy atom. The summed E-state index contributed by atoms with van der Waals surface area (Å²) in [6.07, 6.45) is 8.95. The van der Waals surface area contributed by atoms with Crippen molar-refractivity contribution in [1.82, 2.24) is 30.2 Å². The lowest BCUT2D eigenvalue weighted by Crippen LogP contribution is -2.46. The molecular weight excluding hydrogens is 903 g/mol. The maximum Gasteiger partial charge on any atom is 0.481 e. The Kier molecular flexibility index (Phi) is 21.2. The van der Waals surface area contributed by atoms with Gasteiger partial charge >= 0.3 is 23.5 Å². The van der Waals surface area contributed by atoms with E-state index < -0.39 is 84.6 Å². The molecule has 0 saturated carbocycles. The number of carbonyl (C=O) groups is 3. The first-order valence-electron chi connectivity index (χ1n) is 19.1. The minimum atomic E-state index is -5.58. The molecule has 348 valence electrons. The molecular formula is C34H54N7O17P3S. The molecule has 7 unspecified atom stereocenters. The molecule has 2 aromatic rings. The second-order valence-electron chi connectivity index (χ2n) is 14.2. The van der Waals surface area contributed by atoms with Gasteiger partial charge in [-0.15, -0.1) is 0 Å². The van der Waals surface area contributed by atoms with Crippen molar-refractivity contribution >= 4 is 69.1 Å². The van der Waals surface area contributed by atoms with Crippen LogP contribution < -0.4 is 16.4 Å². The number of ether oxygens (including phenoxy) is 1. The molecule has 0 bridgehead atoms. The summed E-state index contributed by atoms with van der Waals surface area (Å²) in [7, 11) is -16.4. The number of carbonyl (C=O) groups excluding carboxylic acids is 3. The van der Waals surface area contributed by atoms with E-state index in [2.05, 4.69) is 47.4 Å². The first kappa shape index (κ1) is 53.1. The average Bonchev–Trinajstić information content (AvgIpc) is 3.75.